The first-order chi connectivity index (χ1) is 10.5. The molecular weight excluding hydrogens is 288 g/mol. The Hall–Kier alpha value is -3.15. The summed E-state index contributed by atoms with van der Waals surface area (Å²) in [6.45, 7) is 1.50. The maximum Gasteiger partial charge on any atom is 0.302 e. The number of aromatic hydroxyl groups is 3. The summed E-state index contributed by atoms with van der Waals surface area (Å²) < 4.78 is 10.9. The highest BCUT2D eigenvalue weighted by molar-refractivity contribution is 6.07. The quantitative estimate of drug-likeness (QED) is 0.461. The fourth-order valence-corrected chi connectivity index (χ4v) is 2.60. The van der Waals surface area contributed by atoms with Gasteiger partial charge in [0.05, 0.1) is 0 Å². The van der Waals surface area contributed by atoms with Gasteiger partial charge in [0.15, 0.2) is 0 Å². The molecule has 0 bridgehead atoms. The van der Waals surface area contributed by atoms with E-state index < -0.39 is 5.43 Å². The molecule has 22 heavy (non-hydrogen) atoms. The molecule has 6 heteroatoms. The Morgan fingerprint density at radius 1 is 0.955 bits per heavy atom. The van der Waals surface area contributed by atoms with E-state index in [1.165, 1.54) is 25.1 Å². The largest absolute Gasteiger partial charge is 0.508 e. The molecule has 0 unspecified atom stereocenters. The second-order valence-electron chi connectivity index (χ2n) is 5.12. The molecule has 0 amide bonds. The minimum atomic E-state index is -0.457. The predicted octanol–water partition coefficient (Wildman–Crippen LogP) is 3.12. The lowest BCUT2D eigenvalue weighted by molar-refractivity contribution is 0.444. The van der Waals surface area contributed by atoms with Crippen molar-refractivity contribution in [1.82, 2.24) is 0 Å². The highest BCUT2D eigenvalue weighted by atomic mass is 16.5. The predicted molar refractivity (Wildman–Crippen MR) is 79.5 cm³/mol. The van der Waals surface area contributed by atoms with Crippen molar-refractivity contribution in [2.45, 2.75) is 6.92 Å². The molecule has 0 aliphatic heterocycles. The van der Waals surface area contributed by atoms with E-state index >= 15 is 0 Å². The molecule has 0 atom stereocenters. The molecule has 4 rings (SSSR count). The van der Waals surface area contributed by atoms with Gasteiger partial charge in [-0.25, -0.2) is 0 Å². The van der Waals surface area contributed by atoms with Crippen molar-refractivity contribution in [3.63, 3.8) is 0 Å². The summed E-state index contributed by atoms with van der Waals surface area (Å²) in [4.78, 5) is 12.7. The van der Waals surface area contributed by atoms with Gasteiger partial charge in [0.25, 0.3) is 0 Å². The van der Waals surface area contributed by atoms with Crippen LogP contribution in [0.1, 0.15) is 5.56 Å². The van der Waals surface area contributed by atoms with Gasteiger partial charge in [-0.05, 0) is 19.1 Å². The number of furan rings is 1. The zero-order chi connectivity index (χ0) is 15.6. The molecular formula is C16H10O6. The topological polar surface area (TPSA) is 104 Å². The SMILES string of the molecule is Cc1c(O)cc2oc3oc4cc(O)ccc4c3c(=O)c2c1O. The second-order valence-corrected chi connectivity index (χ2v) is 5.12. The second kappa shape index (κ2) is 3.94. The molecule has 6 nitrogen and oxygen atoms in total. The van der Waals surface area contributed by atoms with Crippen LogP contribution < -0.4 is 5.43 Å². The average Bonchev–Trinajstić information content (AvgIpc) is 2.82. The summed E-state index contributed by atoms with van der Waals surface area (Å²) in [6, 6.07) is 5.61. The first kappa shape index (κ1) is 12.6. The Balaban J connectivity index is 2.31. The van der Waals surface area contributed by atoms with Gasteiger partial charge < -0.3 is 24.2 Å². The maximum absolute atomic E-state index is 12.7. The van der Waals surface area contributed by atoms with Crippen molar-refractivity contribution in [3.05, 3.63) is 40.1 Å². The molecule has 0 spiro atoms. The fourth-order valence-electron chi connectivity index (χ4n) is 2.60. The number of fused-ring (bicyclic) bond motifs is 4. The summed E-state index contributed by atoms with van der Waals surface area (Å²) >= 11 is 0. The average molecular weight is 298 g/mol. The van der Waals surface area contributed by atoms with Crippen molar-refractivity contribution >= 4 is 33.1 Å². The van der Waals surface area contributed by atoms with Crippen LogP contribution in [-0.4, -0.2) is 15.3 Å². The molecule has 0 radical (unpaired) electrons. The van der Waals surface area contributed by atoms with E-state index in [1.54, 1.807) is 6.07 Å². The molecule has 0 aliphatic rings. The van der Waals surface area contributed by atoms with E-state index in [9.17, 15) is 20.1 Å². The van der Waals surface area contributed by atoms with E-state index in [0.29, 0.717) is 11.0 Å². The van der Waals surface area contributed by atoms with Crippen LogP contribution in [0.3, 0.4) is 0 Å². The molecule has 0 aliphatic carbocycles. The number of benzene rings is 2. The Labute approximate surface area is 122 Å². The smallest absolute Gasteiger partial charge is 0.302 e. The normalized spacial score (nSPS) is 11.7. The first-order valence-corrected chi connectivity index (χ1v) is 6.51. The molecule has 2 heterocycles. The third-order valence-electron chi connectivity index (χ3n) is 3.79. The third-order valence-corrected chi connectivity index (χ3v) is 3.79. The summed E-state index contributed by atoms with van der Waals surface area (Å²) in [5, 5.41) is 30.0. The lowest BCUT2D eigenvalue weighted by atomic mass is 10.1. The van der Waals surface area contributed by atoms with Gasteiger partial charge in [0.1, 0.15) is 39.2 Å². The first-order valence-electron chi connectivity index (χ1n) is 6.51. The monoisotopic (exact) mass is 298 g/mol. The van der Waals surface area contributed by atoms with Crippen LogP contribution in [0.15, 0.2) is 37.9 Å². The van der Waals surface area contributed by atoms with Gasteiger partial charge in [0, 0.05) is 23.1 Å². The van der Waals surface area contributed by atoms with Crippen molar-refractivity contribution < 1.29 is 24.2 Å². The maximum atomic E-state index is 12.7. The summed E-state index contributed by atoms with van der Waals surface area (Å²) in [6.07, 6.45) is 0. The van der Waals surface area contributed by atoms with Crippen LogP contribution in [0.25, 0.3) is 33.1 Å². The summed E-state index contributed by atoms with van der Waals surface area (Å²) in [5.41, 5.74) is 0.0684. The Morgan fingerprint density at radius 2 is 1.68 bits per heavy atom. The Morgan fingerprint density at radius 3 is 2.45 bits per heavy atom. The molecule has 0 fully saturated rings. The highest BCUT2D eigenvalue weighted by Gasteiger charge is 2.20. The summed E-state index contributed by atoms with van der Waals surface area (Å²) in [5.74, 6) is -0.527. The number of phenolic OH excluding ortho intramolecular Hbond substituents is 3. The third kappa shape index (κ3) is 1.46. The van der Waals surface area contributed by atoms with Crippen LogP contribution in [0.4, 0.5) is 0 Å². The van der Waals surface area contributed by atoms with Crippen LogP contribution in [0.5, 0.6) is 17.2 Å². The number of hydrogen-bond donors (Lipinski definition) is 3. The zero-order valence-electron chi connectivity index (χ0n) is 11.4. The Bertz CT molecular complexity index is 1130. The van der Waals surface area contributed by atoms with Crippen molar-refractivity contribution in [1.29, 1.82) is 0 Å². The number of rotatable bonds is 0. The molecule has 2 aromatic heterocycles. The minimum Gasteiger partial charge on any atom is -0.508 e. The van der Waals surface area contributed by atoms with Crippen LogP contribution in [0, 0.1) is 6.92 Å². The molecule has 3 N–H and O–H groups in total. The van der Waals surface area contributed by atoms with Gasteiger partial charge in [0.2, 0.25) is 5.43 Å². The van der Waals surface area contributed by atoms with Crippen LogP contribution in [-0.2, 0) is 0 Å². The molecule has 110 valence electrons. The lowest BCUT2D eigenvalue weighted by Gasteiger charge is -2.05. The van der Waals surface area contributed by atoms with Gasteiger partial charge in [-0.2, -0.15) is 0 Å². The number of phenols is 3. The highest BCUT2D eigenvalue weighted by Crippen LogP contribution is 2.37. The lowest BCUT2D eigenvalue weighted by Crippen LogP contribution is -2.02. The van der Waals surface area contributed by atoms with Crippen molar-refractivity contribution in [2.24, 2.45) is 0 Å². The van der Waals surface area contributed by atoms with Gasteiger partial charge in [-0.3, -0.25) is 4.79 Å². The minimum absolute atomic E-state index is 0.0000961. The standard InChI is InChI=1S/C16H10O6/c1-6-9(18)5-11-13(14(6)19)15(20)12-8-3-2-7(17)4-10(8)21-16(12)22-11/h2-5,17-19H,1H3. The van der Waals surface area contributed by atoms with E-state index in [-0.39, 0.29) is 44.9 Å². The number of hydrogen-bond acceptors (Lipinski definition) is 6. The van der Waals surface area contributed by atoms with E-state index in [1.807, 2.05) is 0 Å². The molecule has 4 aromatic rings. The van der Waals surface area contributed by atoms with E-state index in [2.05, 4.69) is 0 Å². The fraction of sp³-hybridized carbons (Fsp3) is 0.0625. The molecule has 0 saturated carbocycles. The van der Waals surface area contributed by atoms with Gasteiger partial charge >= 0.3 is 5.78 Å². The van der Waals surface area contributed by atoms with Crippen LogP contribution in [0.2, 0.25) is 0 Å². The summed E-state index contributed by atoms with van der Waals surface area (Å²) in [7, 11) is 0. The van der Waals surface area contributed by atoms with Crippen molar-refractivity contribution in [3.8, 4) is 17.2 Å². The zero-order valence-corrected chi connectivity index (χ0v) is 11.4. The van der Waals surface area contributed by atoms with E-state index in [0.717, 1.165) is 0 Å². The van der Waals surface area contributed by atoms with Crippen LogP contribution >= 0.6 is 0 Å². The molecule has 0 saturated heterocycles. The molecule has 2 aromatic carbocycles. The van der Waals surface area contributed by atoms with Gasteiger partial charge in [-0.1, -0.05) is 0 Å². The van der Waals surface area contributed by atoms with Crippen molar-refractivity contribution in [2.75, 3.05) is 0 Å². The Kier molecular flexibility index (Phi) is 2.25. The van der Waals surface area contributed by atoms with Gasteiger partial charge in [-0.15, -0.1) is 0 Å². The van der Waals surface area contributed by atoms with E-state index in [4.69, 9.17) is 8.83 Å².